The van der Waals surface area contributed by atoms with Gasteiger partial charge in [0.1, 0.15) is 0 Å². The van der Waals surface area contributed by atoms with Crippen LogP contribution in [0.5, 0.6) is 17.2 Å². The molecule has 0 aliphatic carbocycles. The second kappa shape index (κ2) is 9.24. The molecular formula is C18H3F12O4P. The van der Waals surface area contributed by atoms with Gasteiger partial charge in [0.2, 0.25) is 34.9 Å². The van der Waals surface area contributed by atoms with Gasteiger partial charge in [-0.05, 0) is 0 Å². The van der Waals surface area contributed by atoms with Crippen LogP contribution in [0.1, 0.15) is 0 Å². The van der Waals surface area contributed by atoms with E-state index in [-0.39, 0.29) is 18.2 Å². The van der Waals surface area contributed by atoms with Gasteiger partial charge in [0.15, 0.2) is 52.2 Å². The third-order valence-corrected chi connectivity index (χ3v) is 5.10. The first kappa shape index (κ1) is 26.1. The average molecular weight is 542 g/mol. The summed E-state index contributed by atoms with van der Waals surface area (Å²) in [6.07, 6.45) is 0. The third-order valence-electron chi connectivity index (χ3n) is 3.84. The number of rotatable bonds is 6. The molecule has 0 N–H and O–H groups in total. The molecule has 0 atom stereocenters. The quantitative estimate of drug-likeness (QED) is 0.146. The van der Waals surface area contributed by atoms with Gasteiger partial charge in [0, 0.05) is 18.2 Å². The van der Waals surface area contributed by atoms with Gasteiger partial charge in [-0.2, -0.15) is 17.7 Å². The van der Waals surface area contributed by atoms with Crippen LogP contribution in [-0.2, 0) is 4.57 Å². The summed E-state index contributed by atoms with van der Waals surface area (Å²) in [5.41, 5.74) is 0. The van der Waals surface area contributed by atoms with Gasteiger partial charge in [0.25, 0.3) is 0 Å². The molecule has 0 aliphatic rings. The Morgan fingerprint density at radius 3 is 0.857 bits per heavy atom. The van der Waals surface area contributed by atoms with E-state index in [9.17, 15) is 57.3 Å². The molecule has 0 aromatic heterocycles. The van der Waals surface area contributed by atoms with Crippen molar-refractivity contribution in [3.63, 3.8) is 0 Å². The molecule has 3 rings (SSSR count). The summed E-state index contributed by atoms with van der Waals surface area (Å²) in [6.45, 7) is 0. The Hall–Kier alpha value is -3.55. The molecule has 3 aromatic rings. The van der Waals surface area contributed by atoms with Crippen LogP contribution in [0.25, 0.3) is 0 Å². The SMILES string of the molecule is O=P(Oc1cc(F)c(F)c(F)c1F)(Oc1cc(F)c(F)c(F)c1F)Oc1cc(F)c(F)c(F)c1F. The van der Waals surface area contributed by atoms with Crippen LogP contribution in [0.3, 0.4) is 0 Å². The van der Waals surface area contributed by atoms with E-state index in [0.717, 1.165) is 0 Å². The molecule has 3 aromatic carbocycles. The fraction of sp³-hybridized carbons (Fsp3) is 0. The monoisotopic (exact) mass is 542 g/mol. The summed E-state index contributed by atoms with van der Waals surface area (Å²) in [5, 5.41) is 0. The summed E-state index contributed by atoms with van der Waals surface area (Å²) < 4.78 is 187. The van der Waals surface area contributed by atoms with Gasteiger partial charge >= 0.3 is 7.82 Å². The van der Waals surface area contributed by atoms with Crippen molar-refractivity contribution in [3.05, 3.63) is 88.0 Å². The van der Waals surface area contributed by atoms with Crippen LogP contribution in [-0.4, -0.2) is 0 Å². The highest BCUT2D eigenvalue weighted by Crippen LogP contribution is 2.52. The van der Waals surface area contributed by atoms with Crippen LogP contribution in [0.4, 0.5) is 52.7 Å². The number of halogens is 12. The molecule has 0 unspecified atom stereocenters. The second-order valence-electron chi connectivity index (χ2n) is 6.12. The molecule has 0 amide bonds. The summed E-state index contributed by atoms with van der Waals surface area (Å²) in [6, 6.07) is -1.05. The molecule has 0 aliphatic heterocycles. The van der Waals surface area contributed by atoms with Gasteiger partial charge in [-0.1, -0.05) is 0 Å². The normalized spacial score (nSPS) is 11.5. The fourth-order valence-electron chi connectivity index (χ4n) is 2.27. The molecule has 0 fully saturated rings. The van der Waals surface area contributed by atoms with E-state index in [0.29, 0.717) is 0 Å². The predicted molar refractivity (Wildman–Crippen MR) is 88.3 cm³/mol. The molecule has 17 heteroatoms. The van der Waals surface area contributed by atoms with E-state index in [4.69, 9.17) is 0 Å². The smallest absolute Gasteiger partial charge is 0.383 e. The summed E-state index contributed by atoms with van der Waals surface area (Å²) in [5.74, 6) is -34.8. The first-order chi connectivity index (χ1) is 16.2. The van der Waals surface area contributed by atoms with Gasteiger partial charge in [0.05, 0.1) is 0 Å². The Morgan fingerprint density at radius 2 is 0.629 bits per heavy atom. The lowest BCUT2D eigenvalue weighted by Crippen LogP contribution is -2.13. The van der Waals surface area contributed by atoms with Gasteiger partial charge in [-0.3, -0.25) is 0 Å². The van der Waals surface area contributed by atoms with Crippen LogP contribution >= 0.6 is 7.82 Å². The third kappa shape index (κ3) is 4.83. The summed E-state index contributed by atoms with van der Waals surface area (Å²) in [4.78, 5) is 0. The zero-order chi connectivity index (χ0) is 26.4. The lowest BCUT2D eigenvalue weighted by molar-refractivity contribution is 0.271. The maximum Gasteiger partial charge on any atom is 0.647 e. The minimum absolute atomic E-state index is 0.350. The van der Waals surface area contributed by atoms with Gasteiger partial charge < -0.3 is 13.6 Å². The Labute approximate surface area is 184 Å². The maximum atomic E-state index is 13.9. The second-order valence-corrected chi connectivity index (χ2v) is 7.56. The number of hydrogen-bond donors (Lipinski definition) is 0. The first-order valence-electron chi connectivity index (χ1n) is 8.34. The molecule has 0 bridgehead atoms. The molecule has 188 valence electrons. The predicted octanol–water partition coefficient (Wildman–Crippen LogP) is 7.00. The van der Waals surface area contributed by atoms with Gasteiger partial charge in [-0.25, -0.2) is 39.5 Å². The average Bonchev–Trinajstić information content (AvgIpc) is 2.80. The van der Waals surface area contributed by atoms with Crippen molar-refractivity contribution in [2.24, 2.45) is 0 Å². The highest BCUT2D eigenvalue weighted by Gasteiger charge is 2.39. The number of hydrogen-bond acceptors (Lipinski definition) is 4. The number of phosphoric ester groups is 1. The molecule has 4 nitrogen and oxygen atoms in total. The molecule has 35 heavy (non-hydrogen) atoms. The van der Waals surface area contributed by atoms with Crippen LogP contribution in [0, 0.1) is 69.8 Å². The molecule has 0 saturated heterocycles. The van der Waals surface area contributed by atoms with Crippen molar-refractivity contribution in [3.8, 4) is 17.2 Å². The Kier molecular flexibility index (Phi) is 6.88. The highest BCUT2D eigenvalue weighted by molar-refractivity contribution is 7.49. The lowest BCUT2D eigenvalue weighted by Gasteiger charge is -2.20. The largest absolute Gasteiger partial charge is 0.647 e. The van der Waals surface area contributed by atoms with E-state index in [1.54, 1.807) is 0 Å². The fourth-order valence-corrected chi connectivity index (χ4v) is 3.50. The number of benzene rings is 3. The minimum atomic E-state index is -6.22. The zero-order valence-corrected chi connectivity index (χ0v) is 16.7. The Balaban J connectivity index is 2.18. The minimum Gasteiger partial charge on any atom is -0.383 e. The molecule has 0 radical (unpaired) electrons. The van der Waals surface area contributed by atoms with Crippen molar-refractivity contribution in [2.75, 3.05) is 0 Å². The van der Waals surface area contributed by atoms with E-state index in [2.05, 4.69) is 13.6 Å². The standard InChI is InChI=1S/C18H3F12O4P/c19-4-1-7(13(25)16(28)10(4)22)32-35(31,33-8-2-5(20)11(23)17(29)14(8)26)34-9-3-6(21)12(24)18(30)15(9)27/h1-3H. The summed E-state index contributed by atoms with van der Waals surface area (Å²) in [7, 11) is -6.22. The maximum absolute atomic E-state index is 13.9. The van der Waals surface area contributed by atoms with Gasteiger partial charge in [-0.15, -0.1) is 0 Å². The molecule has 0 heterocycles. The Bertz CT molecular complexity index is 1230. The van der Waals surface area contributed by atoms with Crippen molar-refractivity contribution >= 4 is 7.82 Å². The van der Waals surface area contributed by atoms with Crippen LogP contribution in [0.15, 0.2) is 18.2 Å². The van der Waals surface area contributed by atoms with Crippen molar-refractivity contribution in [1.29, 1.82) is 0 Å². The van der Waals surface area contributed by atoms with Crippen molar-refractivity contribution < 1.29 is 70.8 Å². The first-order valence-corrected chi connectivity index (χ1v) is 9.80. The van der Waals surface area contributed by atoms with E-state index < -0.39 is 94.9 Å². The van der Waals surface area contributed by atoms with Crippen LogP contribution in [0.2, 0.25) is 0 Å². The van der Waals surface area contributed by atoms with E-state index in [1.165, 1.54) is 0 Å². The lowest BCUT2D eigenvalue weighted by atomic mass is 10.3. The highest BCUT2D eigenvalue weighted by atomic mass is 31.2. The van der Waals surface area contributed by atoms with E-state index in [1.807, 2.05) is 0 Å². The number of phosphoric acid groups is 1. The van der Waals surface area contributed by atoms with Crippen molar-refractivity contribution in [1.82, 2.24) is 0 Å². The molecule has 0 saturated carbocycles. The molecular weight excluding hydrogens is 539 g/mol. The van der Waals surface area contributed by atoms with E-state index >= 15 is 0 Å². The van der Waals surface area contributed by atoms with Crippen LogP contribution < -0.4 is 13.6 Å². The topological polar surface area (TPSA) is 44.8 Å². The summed E-state index contributed by atoms with van der Waals surface area (Å²) >= 11 is 0. The Morgan fingerprint density at radius 1 is 0.400 bits per heavy atom. The zero-order valence-electron chi connectivity index (χ0n) is 15.8. The molecule has 0 spiro atoms. The van der Waals surface area contributed by atoms with Crippen molar-refractivity contribution in [2.45, 2.75) is 0 Å².